The van der Waals surface area contributed by atoms with Crippen LogP contribution in [0.2, 0.25) is 0 Å². The molecule has 520 valence electrons. The number of imide groups is 1. The number of ether oxygens (including phenoxy) is 2. The first-order valence-electron chi connectivity index (χ1n) is 34.5. The van der Waals surface area contributed by atoms with E-state index in [-0.39, 0.29) is 72.6 Å². The average Bonchev–Trinajstić information content (AvgIpc) is 0.824. The van der Waals surface area contributed by atoms with Crippen molar-refractivity contribution in [2.75, 3.05) is 74.6 Å². The molecular formula is C72H92N15O10S+. The van der Waals surface area contributed by atoms with Crippen molar-refractivity contribution in [1.29, 1.82) is 0 Å². The number of anilines is 5. The SMILES string of the molecule is Cc1ccc2nc(Nc3nnc4c(c3C)CCCN4c3ccc(-c4cnn(CC56CC7(C)CC(C)(C5)CC(OCC[N+]5(Cc8ccc(NC(=O)[C@H](CCCNC(N)=O)NC(=O)[C@@H](NC(=O)CCOCCN9C(=O)C=CC9=O)C(C)C)cc8)CCCC5)(C7)C6)c4C)c(C(=O)O)n3)sc2c1. The molecule has 4 atom stereocenters. The Morgan fingerprint density at radius 2 is 1.57 bits per heavy atom. The molecule has 26 heteroatoms. The second-order valence-corrected chi connectivity index (χ2v) is 30.6. The summed E-state index contributed by atoms with van der Waals surface area (Å²) >= 11 is 1.57. The number of carbonyl (C=O) groups excluding carboxylic acids is 6. The van der Waals surface area contributed by atoms with E-state index in [1.807, 2.05) is 67.4 Å². The van der Waals surface area contributed by atoms with Gasteiger partial charge in [0.05, 0.1) is 61.5 Å². The number of urea groups is 1. The number of primary amides is 1. The fourth-order valence-corrected chi connectivity index (χ4v) is 18.5. The second-order valence-electron chi connectivity index (χ2n) is 29.6. The van der Waals surface area contributed by atoms with E-state index >= 15 is 0 Å². The number of nitrogens with zero attached hydrogens (tertiary/aromatic N) is 9. The van der Waals surface area contributed by atoms with Crippen molar-refractivity contribution in [3.8, 4) is 11.1 Å². The van der Waals surface area contributed by atoms with Gasteiger partial charge in [-0.15, -0.1) is 10.2 Å². The predicted octanol–water partition coefficient (Wildman–Crippen LogP) is 9.09. The highest BCUT2D eigenvalue weighted by atomic mass is 32.1. The summed E-state index contributed by atoms with van der Waals surface area (Å²) in [7, 11) is 0. The molecule has 8 N–H and O–H groups in total. The first kappa shape index (κ1) is 69.2. The zero-order valence-corrected chi connectivity index (χ0v) is 58.1. The summed E-state index contributed by atoms with van der Waals surface area (Å²) in [5.41, 5.74) is 13.0. The quantitative estimate of drug-likeness (QED) is 0.0131. The van der Waals surface area contributed by atoms with Gasteiger partial charge in [0.2, 0.25) is 17.7 Å². The Bertz CT molecular complexity index is 4050. The Balaban J connectivity index is 0.671. The van der Waals surface area contributed by atoms with Gasteiger partial charge in [0.25, 0.3) is 11.8 Å². The molecule has 0 radical (unpaired) electrons. The van der Waals surface area contributed by atoms with E-state index < -0.39 is 53.6 Å². The molecule has 2 unspecified atom stereocenters. The summed E-state index contributed by atoms with van der Waals surface area (Å²) in [6.07, 6.45) is 14.7. The van der Waals surface area contributed by atoms with Crippen molar-refractivity contribution >= 4 is 91.4 Å². The normalized spacial score (nSPS) is 22.7. The van der Waals surface area contributed by atoms with E-state index in [2.05, 4.69) is 69.3 Å². The Morgan fingerprint density at radius 3 is 2.29 bits per heavy atom. The summed E-state index contributed by atoms with van der Waals surface area (Å²) < 4.78 is 17.0. The van der Waals surface area contributed by atoms with Gasteiger partial charge in [0, 0.05) is 90.2 Å². The molecule has 7 aliphatic rings. The van der Waals surface area contributed by atoms with Gasteiger partial charge in [-0.3, -0.25) is 33.6 Å². The van der Waals surface area contributed by atoms with Gasteiger partial charge >= 0.3 is 12.0 Å². The molecule has 7 amide bonds. The number of quaternary nitrogens is 1. The molecule has 3 aliphatic heterocycles. The van der Waals surface area contributed by atoms with Gasteiger partial charge in [-0.2, -0.15) is 5.10 Å². The minimum Gasteiger partial charge on any atom is -0.476 e. The van der Waals surface area contributed by atoms with Crippen LogP contribution in [0.15, 0.2) is 72.9 Å². The van der Waals surface area contributed by atoms with Crippen LogP contribution in [0.4, 0.5) is 33.1 Å². The molecule has 0 spiro atoms. The number of thiazole rings is 1. The Kier molecular flexibility index (Phi) is 19.9. The summed E-state index contributed by atoms with van der Waals surface area (Å²) in [5.74, 6) is -1.97. The lowest BCUT2D eigenvalue weighted by atomic mass is 9.39. The van der Waals surface area contributed by atoms with Crippen molar-refractivity contribution in [1.82, 2.24) is 50.8 Å². The van der Waals surface area contributed by atoms with Crippen LogP contribution in [0, 0.1) is 42.9 Å². The molecule has 4 aromatic heterocycles. The number of benzene rings is 2. The maximum Gasteiger partial charge on any atom is 0.355 e. The van der Waals surface area contributed by atoms with E-state index in [1.165, 1.54) is 17.7 Å². The predicted molar refractivity (Wildman–Crippen MR) is 372 cm³/mol. The largest absolute Gasteiger partial charge is 0.476 e. The van der Waals surface area contributed by atoms with Crippen LogP contribution < -0.4 is 37.2 Å². The molecule has 5 fully saturated rings. The monoisotopic (exact) mass is 1360 g/mol. The number of aryl methyl sites for hydroxylation is 1. The van der Waals surface area contributed by atoms with Gasteiger partial charge < -0.3 is 56.3 Å². The van der Waals surface area contributed by atoms with Crippen molar-refractivity contribution in [2.24, 2.45) is 27.9 Å². The number of fused-ring (bicyclic) bond motifs is 2. The lowest BCUT2D eigenvalue weighted by molar-refractivity contribution is -0.930. The van der Waals surface area contributed by atoms with Crippen molar-refractivity contribution in [3.05, 3.63) is 107 Å². The summed E-state index contributed by atoms with van der Waals surface area (Å²) in [4.78, 5) is 102. The number of likely N-dealkylation sites (tertiary alicyclic amines) is 1. The minimum absolute atomic E-state index is 0.00696. The Morgan fingerprint density at radius 1 is 0.827 bits per heavy atom. The topological polar surface area (TPSA) is 320 Å². The highest BCUT2D eigenvalue weighted by molar-refractivity contribution is 7.22. The minimum atomic E-state index is -1.12. The molecule has 2 aromatic carbocycles. The highest BCUT2D eigenvalue weighted by Crippen LogP contribution is 2.72. The van der Waals surface area contributed by atoms with E-state index in [0.717, 1.165) is 143 Å². The summed E-state index contributed by atoms with van der Waals surface area (Å²) in [6, 6.07) is 15.1. The van der Waals surface area contributed by atoms with Gasteiger partial charge in [0.15, 0.2) is 22.5 Å². The Labute approximate surface area is 575 Å². The first-order chi connectivity index (χ1) is 46.8. The number of pyridine rings is 1. The van der Waals surface area contributed by atoms with E-state index in [4.69, 9.17) is 35.4 Å². The van der Waals surface area contributed by atoms with Crippen LogP contribution in [0.5, 0.6) is 0 Å². The van der Waals surface area contributed by atoms with Crippen molar-refractivity contribution < 1.29 is 52.6 Å². The van der Waals surface area contributed by atoms with Gasteiger partial charge in [-0.05, 0) is 149 Å². The number of nitrogens with one attached hydrogen (secondary N) is 5. The summed E-state index contributed by atoms with van der Waals surface area (Å²) in [6.45, 7) is 20.6. The number of carboxylic acids is 1. The zero-order chi connectivity index (χ0) is 69.3. The Hall–Kier alpha value is -8.72. The van der Waals surface area contributed by atoms with E-state index in [0.29, 0.717) is 54.8 Å². The van der Waals surface area contributed by atoms with Crippen LogP contribution in [0.1, 0.15) is 143 Å². The highest BCUT2D eigenvalue weighted by Gasteiger charge is 2.66. The van der Waals surface area contributed by atoms with Gasteiger partial charge in [0.1, 0.15) is 31.0 Å². The number of carbonyl (C=O) groups is 7. The molecule has 4 saturated carbocycles. The standard InChI is InChI=1S/C72H91N15O10S/c1-44(2)60(80-57(88)24-31-96-32-27-85-58(89)22-23-59(85)90)65(92)77-54(13-10-25-74-67(73)95)64(91)76-49-17-15-48(16-18-49)36-87(28-8-9-29-87)30-33-97-72-40-69(6)37-70(7,41-72)39-71(38-69,42-72)43-86-47(5)52(35-75-86)51-19-21-56(79-61(51)66(93)94)84-26-11-12-50-46(4)62(82-83-63(50)84)81-68-78-53-20-14-45(3)34-55(53)98-68/h14-23,34-35,44,54,60H,8-13,24-33,36-43H2,1-7H3,(H7-,73,74,76,77,78,80,81,82,88,91,92,93,94,95)/p+1/t54-,60-,69?,70?,71?,72?/m0/s1. The summed E-state index contributed by atoms with van der Waals surface area (Å²) in [5, 5.41) is 40.5. The molecule has 25 nitrogen and oxygen atoms in total. The molecular weight excluding hydrogens is 1270 g/mol. The average molecular weight is 1360 g/mol. The third kappa shape index (κ3) is 15.3. The molecule has 7 heterocycles. The number of aromatic nitrogens is 6. The van der Waals surface area contributed by atoms with Crippen LogP contribution in [-0.2, 0) is 53.0 Å². The number of rotatable bonds is 29. The van der Waals surface area contributed by atoms with Gasteiger partial charge in [-0.1, -0.05) is 57.2 Å². The number of hydrogen-bond acceptors (Lipinski definition) is 17. The number of hydrogen-bond donors (Lipinski definition) is 7. The maximum atomic E-state index is 14.0. The second kappa shape index (κ2) is 28.3. The third-order valence-electron chi connectivity index (χ3n) is 21.0. The molecule has 4 bridgehead atoms. The number of nitrogens with two attached hydrogens (primary N) is 1. The number of amides is 7. The van der Waals surface area contributed by atoms with Crippen LogP contribution in [-0.4, -0.2) is 163 Å². The molecule has 13 rings (SSSR count). The third-order valence-corrected chi connectivity index (χ3v) is 21.9. The first-order valence-corrected chi connectivity index (χ1v) is 35.3. The molecule has 1 saturated heterocycles. The zero-order valence-electron chi connectivity index (χ0n) is 57.3. The van der Waals surface area contributed by atoms with Crippen LogP contribution in [0.3, 0.4) is 0 Å². The van der Waals surface area contributed by atoms with Crippen molar-refractivity contribution in [2.45, 2.75) is 163 Å². The lowest BCUT2D eigenvalue weighted by Gasteiger charge is -2.69. The van der Waals surface area contributed by atoms with Crippen LogP contribution >= 0.6 is 11.3 Å². The molecule has 4 aliphatic carbocycles. The lowest BCUT2D eigenvalue weighted by Crippen LogP contribution is -2.64. The van der Waals surface area contributed by atoms with Gasteiger partial charge in [-0.25, -0.2) is 19.6 Å². The molecule has 98 heavy (non-hydrogen) atoms. The number of carboxylic acid groups (broad SMARTS) is 1. The number of aromatic carboxylic acids is 1. The maximum absolute atomic E-state index is 14.0. The van der Waals surface area contributed by atoms with E-state index in [1.54, 1.807) is 25.2 Å². The fraction of sp³-hybridized carbons (Fsp3) is 0.528. The van der Waals surface area contributed by atoms with Crippen LogP contribution in [0.25, 0.3) is 21.3 Å². The van der Waals surface area contributed by atoms with E-state index in [9.17, 15) is 38.7 Å². The van der Waals surface area contributed by atoms with Crippen molar-refractivity contribution in [3.63, 3.8) is 0 Å². The molecule has 6 aromatic rings. The smallest absolute Gasteiger partial charge is 0.355 e. The fourth-order valence-electron chi connectivity index (χ4n) is 17.6.